The summed E-state index contributed by atoms with van der Waals surface area (Å²) in [6, 6.07) is 15.4. The molecular formula is C14H11BrOS. The maximum atomic E-state index is 12.1. The number of hydrogen-bond acceptors (Lipinski definition) is 2. The number of aryl methyl sites for hydroxylation is 1. The third-order valence-corrected chi connectivity index (χ3v) is 3.83. The topological polar surface area (TPSA) is 17.1 Å². The molecular weight excluding hydrogens is 296 g/mol. The van der Waals surface area contributed by atoms with Crippen molar-refractivity contribution < 1.29 is 4.79 Å². The van der Waals surface area contributed by atoms with E-state index in [1.807, 2.05) is 55.5 Å². The highest BCUT2D eigenvalue weighted by molar-refractivity contribution is 9.10. The molecule has 0 heterocycles. The van der Waals surface area contributed by atoms with Crippen LogP contribution in [0, 0.1) is 6.92 Å². The number of hydrogen-bond donors (Lipinski definition) is 0. The van der Waals surface area contributed by atoms with Crippen LogP contribution in [0.15, 0.2) is 57.9 Å². The summed E-state index contributed by atoms with van der Waals surface area (Å²) in [7, 11) is 0. The molecule has 86 valence electrons. The van der Waals surface area contributed by atoms with Gasteiger partial charge in [0, 0.05) is 14.9 Å². The van der Waals surface area contributed by atoms with Gasteiger partial charge < -0.3 is 0 Å². The predicted molar refractivity (Wildman–Crippen MR) is 75.5 cm³/mol. The zero-order valence-corrected chi connectivity index (χ0v) is 11.7. The first-order valence-corrected chi connectivity index (χ1v) is 6.81. The van der Waals surface area contributed by atoms with Crippen LogP contribution in [0.1, 0.15) is 15.9 Å². The molecule has 0 spiro atoms. The van der Waals surface area contributed by atoms with Crippen molar-refractivity contribution in [3.05, 3.63) is 64.1 Å². The largest absolute Gasteiger partial charge is 0.281 e. The molecule has 0 atom stereocenters. The highest BCUT2D eigenvalue weighted by Crippen LogP contribution is 2.25. The van der Waals surface area contributed by atoms with E-state index >= 15 is 0 Å². The van der Waals surface area contributed by atoms with E-state index in [1.54, 1.807) is 0 Å². The van der Waals surface area contributed by atoms with Gasteiger partial charge in [0.2, 0.25) is 5.12 Å². The minimum Gasteiger partial charge on any atom is -0.281 e. The van der Waals surface area contributed by atoms with Crippen molar-refractivity contribution in [3.63, 3.8) is 0 Å². The van der Waals surface area contributed by atoms with Crippen molar-refractivity contribution in [2.75, 3.05) is 0 Å². The molecule has 0 radical (unpaired) electrons. The summed E-state index contributed by atoms with van der Waals surface area (Å²) in [6.07, 6.45) is 0. The number of thioether (sulfide) groups is 1. The first-order valence-electron chi connectivity index (χ1n) is 5.20. The summed E-state index contributed by atoms with van der Waals surface area (Å²) >= 11 is 4.63. The Morgan fingerprint density at radius 1 is 1.06 bits per heavy atom. The molecule has 1 nitrogen and oxygen atoms in total. The Labute approximate surface area is 113 Å². The monoisotopic (exact) mass is 306 g/mol. The average molecular weight is 307 g/mol. The van der Waals surface area contributed by atoms with Crippen LogP contribution in [-0.2, 0) is 0 Å². The average Bonchev–Trinajstić information content (AvgIpc) is 2.32. The molecule has 0 aliphatic carbocycles. The second kappa shape index (κ2) is 5.52. The molecule has 0 fully saturated rings. The Morgan fingerprint density at radius 2 is 1.71 bits per heavy atom. The lowest BCUT2D eigenvalue weighted by Gasteiger charge is -2.04. The molecule has 0 N–H and O–H groups in total. The third kappa shape index (κ3) is 3.20. The lowest BCUT2D eigenvalue weighted by molar-refractivity contribution is 0.108. The number of benzene rings is 2. The summed E-state index contributed by atoms with van der Waals surface area (Å²) in [6.45, 7) is 1.95. The van der Waals surface area contributed by atoms with Crippen LogP contribution in [0.2, 0.25) is 0 Å². The fraction of sp³-hybridized carbons (Fsp3) is 0.0714. The smallest absolute Gasteiger partial charge is 0.224 e. The molecule has 2 rings (SSSR count). The fourth-order valence-electron chi connectivity index (χ4n) is 1.47. The summed E-state index contributed by atoms with van der Waals surface area (Å²) in [5.41, 5.74) is 1.79. The van der Waals surface area contributed by atoms with Crippen molar-refractivity contribution in [1.82, 2.24) is 0 Å². The minimum atomic E-state index is 0.0884. The van der Waals surface area contributed by atoms with Crippen LogP contribution in [0.5, 0.6) is 0 Å². The molecule has 2 aromatic rings. The normalized spacial score (nSPS) is 10.2. The van der Waals surface area contributed by atoms with Crippen molar-refractivity contribution >= 4 is 32.8 Å². The number of carbonyl (C=O) groups excluding carboxylic acids is 1. The van der Waals surface area contributed by atoms with Crippen molar-refractivity contribution in [2.45, 2.75) is 11.8 Å². The van der Waals surface area contributed by atoms with Gasteiger partial charge in [0.05, 0.1) is 0 Å². The van der Waals surface area contributed by atoms with Crippen LogP contribution < -0.4 is 0 Å². The second-order valence-corrected chi connectivity index (χ2v) is 5.62. The number of rotatable bonds is 2. The lowest BCUT2D eigenvalue weighted by atomic mass is 10.1. The van der Waals surface area contributed by atoms with Crippen molar-refractivity contribution in [2.24, 2.45) is 0 Å². The summed E-state index contributed by atoms with van der Waals surface area (Å²) in [5, 5.41) is 0.0884. The van der Waals surface area contributed by atoms with Gasteiger partial charge in [-0.1, -0.05) is 40.2 Å². The Bertz CT molecular complexity index is 534. The van der Waals surface area contributed by atoms with Gasteiger partial charge in [0.25, 0.3) is 0 Å². The molecule has 17 heavy (non-hydrogen) atoms. The van der Waals surface area contributed by atoms with Crippen LogP contribution in [0.25, 0.3) is 0 Å². The molecule has 0 saturated carbocycles. The molecule has 0 unspecified atom stereocenters. The van der Waals surface area contributed by atoms with Crippen LogP contribution in [-0.4, -0.2) is 5.12 Å². The lowest BCUT2D eigenvalue weighted by Crippen LogP contribution is -1.95. The van der Waals surface area contributed by atoms with Gasteiger partial charge in [-0.05, 0) is 48.5 Å². The Hall–Kier alpha value is -1.06. The highest BCUT2D eigenvalue weighted by Gasteiger charge is 2.09. The summed E-state index contributed by atoms with van der Waals surface area (Å²) in [5.74, 6) is 0. The Morgan fingerprint density at radius 3 is 2.35 bits per heavy atom. The molecule has 0 amide bonds. The predicted octanol–water partition coefficient (Wildman–Crippen LogP) is 4.69. The first kappa shape index (κ1) is 12.4. The maximum Gasteiger partial charge on any atom is 0.224 e. The van der Waals surface area contributed by atoms with Crippen LogP contribution >= 0.6 is 27.7 Å². The number of carbonyl (C=O) groups is 1. The van der Waals surface area contributed by atoms with E-state index in [-0.39, 0.29) is 5.12 Å². The molecule has 0 aliphatic rings. The zero-order valence-electron chi connectivity index (χ0n) is 9.31. The van der Waals surface area contributed by atoms with Crippen LogP contribution in [0.4, 0.5) is 0 Å². The van der Waals surface area contributed by atoms with E-state index in [1.165, 1.54) is 11.8 Å². The van der Waals surface area contributed by atoms with Gasteiger partial charge in [-0.3, -0.25) is 4.79 Å². The van der Waals surface area contributed by atoms with Gasteiger partial charge in [-0.15, -0.1) is 0 Å². The molecule has 0 bridgehead atoms. The Kier molecular flexibility index (Phi) is 4.02. The standard InChI is InChI=1S/C14H11BrOS/c1-10-4-2-3-5-13(10)14(16)17-12-8-6-11(15)7-9-12/h2-9H,1H3. The molecule has 2 aromatic carbocycles. The molecule has 0 saturated heterocycles. The quantitative estimate of drug-likeness (QED) is 0.749. The van der Waals surface area contributed by atoms with Crippen LogP contribution in [0.3, 0.4) is 0 Å². The van der Waals surface area contributed by atoms with Gasteiger partial charge in [0.15, 0.2) is 0 Å². The molecule has 3 heteroatoms. The fourth-order valence-corrected chi connectivity index (χ4v) is 2.56. The summed E-state index contributed by atoms with van der Waals surface area (Å²) in [4.78, 5) is 13.0. The van der Waals surface area contributed by atoms with E-state index in [2.05, 4.69) is 15.9 Å². The summed E-state index contributed by atoms with van der Waals surface area (Å²) < 4.78 is 1.02. The molecule has 0 aliphatic heterocycles. The Balaban J connectivity index is 2.17. The highest BCUT2D eigenvalue weighted by atomic mass is 79.9. The van der Waals surface area contributed by atoms with E-state index in [9.17, 15) is 4.79 Å². The minimum absolute atomic E-state index is 0.0884. The second-order valence-electron chi connectivity index (χ2n) is 3.66. The van der Waals surface area contributed by atoms with Gasteiger partial charge in [-0.2, -0.15) is 0 Å². The van der Waals surface area contributed by atoms with Gasteiger partial charge in [-0.25, -0.2) is 0 Å². The maximum absolute atomic E-state index is 12.1. The van der Waals surface area contributed by atoms with E-state index in [0.29, 0.717) is 0 Å². The van der Waals surface area contributed by atoms with E-state index < -0.39 is 0 Å². The van der Waals surface area contributed by atoms with Gasteiger partial charge >= 0.3 is 0 Å². The third-order valence-electron chi connectivity index (χ3n) is 2.39. The SMILES string of the molecule is Cc1ccccc1C(=O)Sc1ccc(Br)cc1. The van der Waals surface area contributed by atoms with E-state index in [4.69, 9.17) is 0 Å². The van der Waals surface area contributed by atoms with Gasteiger partial charge in [0.1, 0.15) is 0 Å². The molecule has 0 aromatic heterocycles. The zero-order chi connectivity index (χ0) is 12.3. The van der Waals surface area contributed by atoms with Crippen molar-refractivity contribution in [3.8, 4) is 0 Å². The number of halogens is 1. The van der Waals surface area contributed by atoms with E-state index in [0.717, 1.165) is 20.5 Å². The van der Waals surface area contributed by atoms with Crippen molar-refractivity contribution in [1.29, 1.82) is 0 Å². The first-order chi connectivity index (χ1) is 8.16.